The van der Waals surface area contributed by atoms with Crippen molar-refractivity contribution in [3.63, 3.8) is 0 Å². The summed E-state index contributed by atoms with van der Waals surface area (Å²) in [7, 11) is 0. The number of nitrogens with one attached hydrogen (secondary N) is 1. The number of rotatable bonds is 5. The van der Waals surface area contributed by atoms with Gasteiger partial charge in [-0.25, -0.2) is 0 Å². The monoisotopic (exact) mass is 377 g/mol. The fourth-order valence-electron chi connectivity index (χ4n) is 4.19. The van der Waals surface area contributed by atoms with E-state index >= 15 is 0 Å². The minimum Gasteiger partial charge on any atom is -0.352 e. The number of nitrogens with zero attached hydrogens (tertiary/aromatic N) is 2. The van der Waals surface area contributed by atoms with Gasteiger partial charge < -0.3 is 10.2 Å². The van der Waals surface area contributed by atoms with Crippen LogP contribution in [-0.4, -0.2) is 52.8 Å². The first kappa shape index (κ1) is 19.2. The van der Waals surface area contributed by atoms with Crippen LogP contribution < -0.4 is 5.32 Å². The molecular formula is C20H28ClN3O2. The molecule has 6 heteroatoms. The first-order valence-corrected chi connectivity index (χ1v) is 9.77. The highest BCUT2D eigenvalue weighted by atomic mass is 35.5. The van der Waals surface area contributed by atoms with Gasteiger partial charge in [0.15, 0.2) is 0 Å². The van der Waals surface area contributed by atoms with Crippen LogP contribution in [0.1, 0.15) is 39.2 Å². The van der Waals surface area contributed by atoms with Crippen LogP contribution in [0.4, 0.5) is 0 Å². The lowest BCUT2D eigenvalue weighted by Crippen LogP contribution is -2.59. The molecule has 142 valence electrons. The van der Waals surface area contributed by atoms with Crippen molar-refractivity contribution in [3.8, 4) is 0 Å². The van der Waals surface area contributed by atoms with E-state index in [1.807, 2.05) is 29.2 Å². The highest BCUT2D eigenvalue weighted by Gasteiger charge is 2.45. The number of piperazine rings is 1. The predicted molar refractivity (Wildman–Crippen MR) is 103 cm³/mol. The Morgan fingerprint density at radius 2 is 1.96 bits per heavy atom. The van der Waals surface area contributed by atoms with Gasteiger partial charge in [0.1, 0.15) is 0 Å². The highest BCUT2D eigenvalue weighted by molar-refractivity contribution is 6.30. The molecule has 0 spiro atoms. The smallest absolute Gasteiger partial charge is 0.240 e. The standard InChI is InChI=1S/C20H28ClN3O2/c1-13(2)8-19-20(26)24-11-17(22-14(3)25)9-18(24)12-23(19)10-15-4-6-16(21)7-5-15/h4-7,13,17-19H,8-12H2,1-3H3,(H,22,25). The van der Waals surface area contributed by atoms with E-state index in [1.54, 1.807) is 0 Å². The minimum atomic E-state index is -0.0991. The normalized spacial score (nSPS) is 26.3. The average Bonchev–Trinajstić information content (AvgIpc) is 2.95. The lowest BCUT2D eigenvalue weighted by Gasteiger charge is -2.43. The van der Waals surface area contributed by atoms with Crippen molar-refractivity contribution in [2.75, 3.05) is 13.1 Å². The molecule has 2 aliphatic heterocycles. The zero-order valence-corrected chi connectivity index (χ0v) is 16.5. The molecule has 1 aromatic carbocycles. The number of carbonyl (C=O) groups is 2. The molecule has 3 rings (SSSR count). The van der Waals surface area contributed by atoms with E-state index in [-0.39, 0.29) is 29.9 Å². The number of hydrogen-bond donors (Lipinski definition) is 1. The third kappa shape index (κ3) is 4.38. The predicted octanol–water partition coefficient (Wildman–Crippen LogP) is 2.68. The van der Waals surface area contributed by atoms with Crippen LogP contribution >= 0.6 is 11.6 Å². The summed E-state index contributed by atoms with van der Waals surface area (Å²) in [5.41, 5.74) is 1.17. The third-order valence-electron chi connectivity index (χ3n) is 5.27. The summed E-state index contributed by atoms with van der Waals surface area (Å²) in [5.74, 6) is 0.623. The van der Waals surface area contributed by atoms with E-state index in [9.17, 15) is 9.59 Å². The summed E-state index contributed by atoms with van der Waals surface area (Å²) < 4.78 is 0. The fourth-order valence-corrected chi connectivity index (χ4v) is 4.32. The van der Waals surface area contributed by atoms with Gasteiger partial charge in [-0.3, -0.25) is 14.5 Å². The molecule has 2 heterocycles. The van der Waals surface area contributed by atoms with Crippen LogP contribution in [0, 0.1) is 5.92 Å². The molecule has 1 aromatic rings. The van der Waals surface area contributed by atoms with Gasteiger partial charge in [-0.15, -0.1) is 0 Å². The second-order valence-corrected chi connectivity index (χ2v) is 8.42. The number of amides is 2. The maximum Gasteiger partial charge on any atom is 0.240 e. The Kier molecular flexibility index (Phi) is 5.88. The Morgan fingerprint density at radius 1 is 1.27 bits per heavy atom. The Morgan fingerprint density at radius 3 is 2.58 bits per heavy atom. The van der Waals surface area contributed by atoms with Crippen LogP contribution in [0.15, 0.2) is 24.3 Å². The van der Waals surface area contributed by atoms with Gasteiger partial charge >= 0.3 is 0 Å². The Hall–Kier alpha value is -1.59. The fraction of sp³-hybridized carbons (Fsp3) is 0.600. The van der Waals surface area contributed by atoms with Crippen LogP contribution in [0.3, 0.4) is 0 Å². The van der Waals surface area contributed by atoms with Crippen LogP contribution in [0.5, 0.6) is 0 Å². The Balaban J connectivity index is 1.77. The summed E-state index contributed by atoms with van der Waals surface area (Å²) in [6, 6.07) is 7.99. The van der Waals surface area contributed by atoms with Crippen molar-refractivity contribution in [1.82, 2.24) is 15.1 Å². The molecule has 2 aliphatic rings. The second kappa shape index (κ2) is 7.97. The molecule has 26 heavy (non-hydrogen) atoms. The lowest BCUT2D eigenvalue weighted by atomic mass is 9.96. The van der Waals surface area contributed by atoms with E-state index in [1.165, 1.54) is 12.5 Å². The molecule has 2 fully saturated rings. The Labute approximate surface area is 160 Å². The quantitative estimate of drug-likeness (QED) is 0.858. The zero-order chi connectivity index (χ0) is 18.8. The largest absolute Gasteiger partial charge is 0.352 e. The second-order valence-electron chi connectivity index (χ2n) is 7.98. The number of benzene rings is 1. The van der Waals surface area contributed by atoms with Crippen molar-refractivity contribution < 1.29 is 9.59 Å². The molecule has 0 radical (unpaired) electrons. The van der Waals surface area contributed by atoms with E-state index in [0.717, 1.165) is 31.0 Å². The number of fused-ring (bicyclic) bond motifs is 1. The molecule has 0 saturated carbocycles. The van der Waals surface area contributed by atoms with Crippen molar-refractivity contribution in [2.45, 2.75) is 58.3 Å². The zero-order valence-electron chi connectivity index (χ0n) is 15.7. The van der Waals surface area contributed by atoms with Crippen molar-refractivity contribution >= 4 is 23.4 Å². The van der Waals surface area contributed by atoms with Crippen LogP contribution in [0.25, 0.3) is 0 Å². The van der Waals surface area contributed by atoms with Crippen molar-refractivity contribution in [3.05, 3.63) is 34.9 Å². The Bertz CT molecular complexity index is 662. The summed E-state index contributed by atoms with van der Waals surface area (Å²) in [4.78, 5) is 28.9. The van der Waals surface area contributed by atoms with Gasteiger partial charge in [0, 0.05) is 43.7 Å². The molecule has 0 aliphatic carbocycles. The van der Waals surface area contributed by atoms with Crippen LogP contribution in [-0.2, 0) is 16.1 Å². The molecular weight excluding hydrogens is 350 g/mol. The number of carbonyl (C=O) groups excluding carboxylic acids is 2. The first-order chi connectivity index (χ1) is 12.3. The summed E-state index contributed by atoms with van der Waals surface area (Å²) in [5, 5.41) is 3.70. The van der Waals surface area contributed by atoms with E-state index in [2.05, 4.69) is 24.1 Å². The van der Waals surface area contributed by atoms with Gasteiger partial charge in [-0.1, -0.05) is 37.6 Å². The topological polar surface area (TPSA) is 52.7 Å². The van der Waals surface area contributed by atoms with E-state index in [4.69, 9.17) is 11.6 Å². The number of hydrogen-bond acceptors (Lipinski definition) is 3. The van der Waals surface area contributed by atoms with Gasteiger partial charge in [0.2, 0.25) is 11.8 Å². The van der Waals surface area contributed by atoms with E-state index in [0.29, 0.717) is 12.5 Å². The maximum atomic E-state index is 13.2. The van der Waals surface area contributed by atoms with Crippen LogP contribution in [0.2, 0.25) is 5.02 Å². The SMILES string of the molecule is CC(=O)NC1CC2CN(Cc3ccc(Cl)cc3)C(CC(C)C)C(=O)N2C1. The van der Waals surface area contributed by atoms with Gasteiger partial charge in [0.25, 0.3) is 0 Å². The van der Waals surface area contributed by atoms with Gasteiger partial charge in [-0.2, -0.15) is 0 Å². The molecule has 0 bridgehead atoms. The molecule has 2 amide bonds. The number of halogens is 1. The molecule has 3 unspecified atom stereocenters. The van der Waals surface area contributed by atoms with Crippen molar-refractivity contribution in [1.29, 1.82) is 0 Å². The lowest BCUT2D eigenvalue weighted by molar-refractivity contribution is -0.145. The molecule has 1 N–H and O–H groups in total. The summed E-state index contributed by atoms with van der Waals surface area (Å²) in [6.45, 7) is 8.07. The maximum absolute atomic E-state index is 13.2. The van der Waals surface area contributed by atoms with Crippen molar-refractivity contribution in [2.24, 2.45) is 5.92 Å². The summed E-state index contributed by atoms with van der Waals surface area (Å²) >= 11 is 6.00. The molecule has 3 atom stereocenters. The molecule has 2 saturated heterocycles. The van der Waals surface area contributed by atoms with E-state index < -0.39 is 0 Å². The average molecular weight is 378 g/mol. The minimum absolute atomic E-state index is 0.0287. The highest BCUT2D eigenvalue weighted by Crippen LogP contribution is 2.30. The summed E-state index contributed by atoms with van der Waals surface area (Å²) in [6.07, 6.45) is 1.68. The molecule has 5 nitrogen and oxygen atoms in total. The van der Waals surface area contributed by atoms with Gasteiger partial charge in [0.05, 0.1) is 6.04 Å². The van der Waals surface area contributed by atoms with Gasteiger partial charge in [-0.05, 0) is 36.5 Å². The molecule has 0 aromatic heterocycles. The first-order valence-electron chi connectivity index (χ1n) is 9.39. The third-order valence-corrected chi connectivity index (χ3v) is 5.52.